The molecule has 1 fully saturated rings. The van der Waals surface area contributed by atoms with Crippen molar-refractivity contribution in [3.05, 3.63) is 23.5 Å². The van der Waals surface area contributed by atoms with Gasteiger partial charge in [0.25, 0.3) is 5.91 Å². The van der Waals surface area contributed by atoms with Crippen LogP contribution in [0.25, 0.3) is 0 Å². The predicted molar refractivity (Wildman–Crippen MR) is 76.0 cm³/mol. The van der Waals surface area contributed by atoms with Gasteiger partial charge in [0.15, 0.2) is 0 Å². The number of rotatable bonds is 2. The molecule has 0 saturated carbocycles. The standard InChI is InChI=1S/C14H22N4O/c1-4-11-9-18(6-5-17(11)3)14(19)12-8-16-10(2)7-13(12)15/h7-8,11H,4-6,9H2,1-3H3,(H2,15,16). The van der Waals surface area contributed by atoms with Gasteiger partial charge in [0, 0.05) is 43.3 Å². The number of nitrogen functional groups attached to an aromatic ring is 1. The molecule has 1 aromatic rings. The minimum atomic E-state index is -0.00319. The summed E-state index contributed by atoms with van der Waals surface area (Å²) in [6.07, 6.45) is 2.63. The van der Waals surface area contributed by atoms with Crippen LogP contribution in [0.3, 0.4) is 0 Å². The zero-order chi connectivity index (χ0) is 14.0. The van der Waals surface area contributed by atoms with E-state index in [9.17, 15) is 4.79 Å². The minimum Gasteiger partial charge on any atom is -0.398 e. The zero-order valence-corrected chi connectivity index (χ0v) is 11.9. The summed E-state index contributed by atoms with van der Waals surface area (Å²) in [4.78, 5) is 20.9. The van der Waals surface area contributed by atoms with Crippen LogP contribution in [0.1, 0.15) is 29.4 Å². The number of pyridine rings is 1. The van der Waals surface area contributed by atoms with Gasteiger partial charge in [-0.1, -0.05) is 6.92 Å². The Morgan fingerprint density at radius 2 is 2.26 bits per heavy atom. The molecule has 2 N–H and O–H groups in total. The van der Waals surface area contributed by atoms with E-state index in [-0.39, 0.29) is 5.91 Å². The molecule has 0 aromatic carbocycles. The fourth-order valence-electron chi connectivity index (χ4n) is 2.50. The number of nitrogens with two attached hydrogens (primary N) is 1. The summed E-state index contributed by atoms with van der Waals surface area (Å²) in [6.45, 7) is 6.44. The van der Waals surface area contributed by atoms with Crippen LogP contribution in [0.5, 0.6) is 0 Å². The smallest absolute Gasteiger partial charge is 0.257 e. The highest BCUT2D eigenvalue weighted by Crippen LogP contribution is 2.17. The van der Waals surface area contributed by atoms with Gasteiger partial charge in [-0.2, -0.15) is 0 Å². The van der Waals surface area contributed by atoms with Crippen molar-refractivity contribution < 1.29 is 4.79 Å². The summed E-state index contributed by atoms with van der Waals surface area (Å²) in [6, 6.07) is 2.18. The quantitative estimate of drug-likeness (QED) is 0.868. The van der Waals surface area contributed by atoms with Gasteiger partial charge in [-0.25, -0.2) is 0 Å². The Labute approximate surface area is 114 Å². The van der Waals surface area contributed by atoms with E-state index < -0.39 is 0 Å². The third kappa shape index (κ3) is 2.87. The van der Waals surface area contributed by atoms with Crippen LogP contribution in [0.2, 0.25) is 0 Å². The number of hydrogen-bond acceptors (Lipinski definition) is 4. The third-order valence-electron chi connectivity index (χ3n) is 3.84. The van der Waals surface area contributed by atoms with E-state index in [2.05, 4.69) is 23.9 Å². The largest absolute Gasteiger partial charge is 0.398 e. The minimum absolute atomic E-state index is 0.00319. The molecule has 1 aliphatic rings. The molecular formula is C14H22N4O. The molecule has 1 amide bonds. The highest BCUT2D eigenvalue weighted by atomic mass is 16.2. The third-order valence-corrected chi connectivity index (χ3v) is 3.84. The van der Waals surface area contributed by atoms with Gasteiger partial charge >= 0.3 is 0 Å². The Bertz CT molecular complexity index is 475. The summed E-state index contributed by atoms with van der Waals surface area (Å²) in [5.41, 5.74) is 7.79. The fourth-order valence-corrected chi connectivity index (χ4v) is 2.50. The van der Waals surface area contributed by atoms with Crippen LogP contribution in [0.4, 0.5) is 5.69 Å². The number of nitrogens with zero attached hydrogens (tertiary/aromatic N) is 3. The normalized spacial score (nSPS) is 20.6. The summed E-state index contributed by atoms with van der Waals surface area (Å²) in [5, 5.41) is 0. The first-order valence-electron chi connectivity index (χ1n) is 6.74. The lowest BCUT2D eigenvalue weighted by Gasteiger charge is -2.39. The number of aromatic nitrogens is 1. The Hall–Kier alpha value is -1.62. The van der Waals surface area contributed by atoms with Crippen molar-refractivity contribution >= 4 is 11.6 Å². The van der Waals surface area contributed by atoms with Gasteiger partial charge in [-0.15, -0.1) is 0 Å². The lowest BCUT2D eigenvalue weighted by atomic mass is 10.1. The summed E-state index contributed by atoms with van der Waals surface area (Å²) in [7, 11) is 2.11. The number of anilines is 1. The van der Waals surface area contributed by atoms with Gasteiger partial charge in [-0.05, 0) is 26.5 Å². The summed E-state index contributed by atoms with van der Waals surface area (Å²) < 4.78 is 0. The summed E-state index contributed by atoms with van der Waals surface area (Å²) in [5.74, 6) is -0.00319. The maximum absolute atomic E-state index is 12.5. The van der Waals surface area contributed by atoms with Crippen LogP contribution in [0, 0.1) is 6.92 Å². The molecule has 19 heavy (non-hydrogen) atoms. The van der Waals surface area contributed by atoms with E-state index in [4.69, 9.17) is 5.73 Å². The molecule has 0 bridgehead atoms. The average Bonchev–Trinajstić information content (AvgIpc) is 2.38. The number of carbonyl (C=O) groups excluding carboxylic acids is 1. The van der Waals surface area contributed by atoms with E-state index in [1.165, 1.54) is 0 Å². The second kappa shape index (κ2) is 5.57. The lowest BCUT2D eigenvalue weighted by Crippen LogP contribution is -2.53. The Morgan fingerprint density at radius 1 is 1.53 bits per heavy atom. The second-order valence-corrected chi connectivity index (χ2v) is 5.21. The highest BCUT2D eigenvalue weighted by molar-refractivity contribution is 5.98. The number of likely N-dealkylation sites (N-methyl/N-ethyl adjacent to an activating group) is 1. The number of piperazine rings is 1. The van der Waals surface area contributed by atoms with E-state index in [0.717, 1.165) is 31.7 Å². The molecule has 0 radical (unpaired) electrons. The lowest BCUT2D eigenvalue weighted by molar-refractivity contribution is 0.0542. The molecular weight excluding hydrogens is 240 g/mol. The Morgan fingerprint density at radius 3 is 2.89 bits per heavy atom. The second-order valence-electron chi connectivity index (χ2n) is 5.21. The first-order chi connectivity index (χ1) is 9.02. The fraction of sp³-hybridized carbons (Fsp3) is 0.571. The zero-order valence-electron chi connectivity index (χ0n) is 11.9. The van der Waals surface area contributed by atoms with Crippen LogP contribution in [-0.4, -0.2) is 53.4 Å². The summed E-state index contributed by atoms with van der Waals surface area (Å²) >= 11 is 0. The Balaban J connectivity index is 2.15. The van der Waals surface area contributed by atoms with E-state index in [1.807, 2.05) is 11.8 Å². The number of hydrogen-bond donors (Lipinski definition) is 1. The van der Waals surface area contributed by atoms with Crippen LogP contribution in [-0.2, 0) is 0 Å². The van der Waals surface area contributed by atoms with Crippen LogP contribution in [0.15, 0.2) is 12.3 Å². The molecule has 1 unspecified atom stereocenters. The number of aryl methyl sites for hydroxylation is 1. The first-order valence-corrected chi connectivity index (χ1v) is 6.74. The Kier molecular flexibility index (Phi) is 4.04. The predicted octanol–water partition coefficient (Wildman–Crippen LogP) is 1.14. The average molecular weight is 262 g/mol. The van der Waals surface area contributed by atoms with Crippen molar-refractivity contribution in [1.29, 1.82) is 0 Å². The molecule has 0 spiro atoms. The molecule has 5 heteroatoms. The topological polar surface area (TPSA) is 62.5 Å². The molecule has 2 heterocycles. The first kappa shape index (κ1) is 13.8. The van der Waals surface area contributed by atoms with Gasteiger partial charge in [0.1, 0.15) is 0 Å². The van der Waals surface area contributed by atoms with Gasteiger partial charge in [-0.3, -0.25) is 14.7 Å². The molecule has 104 valence electrons. The monoisotopic (exact) mass is 262 g/mol. The van der Waals surface area contributed by atoms with Crippen molar-refractivity contribution in [1.82, 2.24) is 14.8 Å². The van der Waals surface area contributed by atoms with Crippen molar-refractivity contribution in [2.45, 2.75) is 26.3 Å². The van der Waals surface area contributed by atoms with Crippen LogP contribution >= 0.6 is 0 Å². The van der Waals surface area contributed by atoms with Crippen molar-refractivity contribution in [2.24, 2.45) is 0 Å². The van der Waals surface area contributed by atoms with E-state index in [0.29, 0.717) is 17.3 Å². The SMILES string of the molecule is CCC1CN(C(=O)c2cnc(C)cc2N)CCN1C. The van der Waals surface area contributed by atoms with Gasteiger partial charge in [0.2, 0.25) is 0 Å². The molecule has 5 nitrogen and oxygen atoms in total. The van der Waals surface area contributed by atoms with Gasteiger partial charge in [0.05, 0.1) is 5.56 Å². The maximum Gasteiger partial charge on any atom is 0.257 e. The van der Waals surface area contributed by atoms with Crippen molar-refractivity contribution in [2.75, 3.05) is 32.4 Å². The maximum atomic E-state index is 12.5. The molecule has 2 rings (SSSR count). The number of carbonyl (C=O) groups is 1. The molecule has 1 atom stereocenters. The van der Waals surface area contributed by atoms with E-state index in [1.54, 1.807) is 12.3 Å². The number of amides is 1. The van der Waals surface area contributed by atoms with E-state index >= 15 is 0 Å². The van der Waals surface area contributed by atoms with Crippen molar-refractivity contribution in [3.63, 3.8) is 0 Å². The highest BCUT2D eigenvalue weighted by Gasteiger charge is 2.27. The van der Waals surface area contributed by atoms with Crippen molar-refractivity contribution in [3.8, 4) is 0 Å². The molecule has 1 aliphatic heterocycles. The molecule has 1 aromatic heterocycles. The van der Waals surface area contributed by atoms with Crippen LogP contribution < -0.4 is 5.73 Å². The molecule has 1 saturated heterocycles. The van der Waals surface area contributed by atoms with Gasteiger partial charge < -0.3 is 10.6 Å². The molecule has 0 aliphatic carbocycles.